The van der Waals surface area contributed by atoms with Crippen LogP contribution in [0.5, 0.6) is 11.5 Å². The second-order valence-corrected chi connectivity index (χ2v) is 3.85. The van der Waals surface area contributed by atoms with E-state index in [2.05, 4.69) is 4.74 Å². The molecule has 1 aromatic carbocycles. The lowest BCUT2D eigenvalue weighted by atomic mass is 10.2. The molecule has 0 unspecified atom stereocenters. The van der Waals surface area contributed by atoms with E-state index in [1.165, 1.54) is 0 Å². The van der Waals surface area contributed by atoms with E-state index in [1.54, 1.807) is 0 Å². The maximum atomic E-state index is 13.2. The summed E-state index contributed by atoms with van der Waals surface area (Å²) < 4.78 is 46.6. The molecule has 0 aliphatic carbocycles. The monoisotopic (exact) mass is 264 g/mol. The molecule has 0 fully saturated rings. The highest BCUT2D eigenvalue weighted by Gasteiger charge is 2.14. The van der Waals surface area contributed by atoms with Gasteiger partial charge >= 0.3 is 6.61 Å². The minimum absolute atomic E-state index is 0.0351. The van der Waals surface area contributed by atoms with Crippen molar-refractivity contribution < 1.29 is 22.6 Å². The highest BCUT2D eigenvalue weighted by molar-refractivity contribution is 5.56. The Bertz CT molecular complexity index is 400. The van der Waals surface area contributed by atoms with Gasteiger partial charge in [-0.3, -0.25) is 0 Å². The zero-order chi connectivity index (χ0) is 13.7. The minimum Gasteiger partial charge on any atom is -0.490 e. The molecule has 1 aromatic rings. The molecule has 18 heavy (non-hydrogen) atoms. The number of nitrogen functional groups attached to an aromatic ring is 1. The Labute approximate surface area is 103 Å². The topological polar surface area (TPSA) is 47.7 Å². The van der Waals surface area contributed by atoms with Gasteiger partial charge in [0.15, 0.2) is 11.6 Å². The van der Waals surface area contributed by atoms with Gasteiger partial charge in [-0.05, 0) is 14.1 Å². The lowest BCUT2D eigenvalue weighted by Crippen LogP contribution is -2.19. The van der Waals surface area contributed by atoms with E-state index in [0.717, 1.165) is 12.1 Å². The van der Waals surface area contributed by atoms with Crippen molar-refractivity contribution >= 4 is 5.69 Å². The normalized spacial score (nSPS) is 11.1. The predicted octanol–water partition coefficient (Wildman–Crippen LogP) is 1.95. The van der Waals surface area contributed by atoms with Crippen molar-refractivity contribution in [1.29, 1.82) is 0 Å². The molecule has 0 saturated carbocycles. The summed E-state index contributed by atoms with van der Waals surface area (Å²) in [4.78, 5) is 1.87. The summed E-state index contributed by atoms with van der Waals surface area (Å²) in [5.74, 6) is -1.42. The second-order valence-electron chi connectivity index (χ2n) is 3.85. The molecule has 0 aliphatic rings. The minimum atomic E-state index is -3.10. The number of halogens is 3. The number of nitrogens with two attached hydrogens (primary N) is 1. The summed E-state index contributed by atoms with van der Waals surface area (Å²) in [6, 6.07) is 1.91. The zero-order valence-electron chi connectivity index (χ0n) is 10.1. The predicted molar refractivity (Wildman–Crippen MR) is 61.5 cm³/mol. The molecule has 1 rings (SSSR count). The molecule has 0 atom stereocenters. The van der Waals surface area contributed by atoms with Gasteiger partial charge in [0.2, 0.25) is 0 Å². The third-order valence-corrected chi connectivity index (χ3v) is 2.08. The maximum Gasteiger partial charge on any atom is 0.387 e. The smallest absolute Gasteiger partial charge is 0.387 e. The highest BCUT2D eigenvalue weighted by Crippen LogP contribution is 2.31. The molecule has 7 heteroatoms. The van der Waals surface area contributed by atoms with Gasteiger partial charge in [0, 0.05) is 18.7 Å². The van der Waals surface area contributed by atoms with E-state index in [1.807, 2.05) is 19.0 Å². The standard InChI is InChI=1S/C11H15F3N2O2/c1-16(2)3-4-17-10-6-9(18-11(13)14)7(12)5-8(10)15/h5-6,11H,3-4,15H2,1-2H3. The summed E-state index contributed by atoms with van der Waals surface area (Å²) in [5.41, 5.74) is 5.55. The summed E-state index contributed by atoms with van der Waals surface area (Å²) >= 11 is 0. The number of ether oxygens (including phenoxy) is 2. The van der Waals surface area contributed by atoms with E-state index in [0.29, 0.717) is 13.2 Å². The fourth-order valence-corrected chi connectivity index (χ4v) is 1.20. The van der Waals surface area contributed by atoms with Crippen LogP contribution in [0.4, 0.5) is 18.9 Å². The van der Waals surface area contributed by atoms with Crippen LogP contribution >= 0.6 is 0 Å². The first kappa shape index (κ1) is 14.4. The molecule has 0 aliphatic heterocycles. The van der Waals surface area contributed by atoms with Crippen molar-refractivity contribution in [2.24, 2.45) is 0 Å². The largest absolute Gasteiger partial charge is 0.490 e. The third-order valence-electron chi connectivity index (χ3n) is 2.08. The Morgan fingerprint density at radius 3 is 2.50 bits per heavy atom. The Balaban J connectivity index is 2.77. The number of benzene rings is 1. The van der Waals surface area contributed by atoms with Gasteiger partial charge in [-0.15, -0.1) is 0 Å². The lowest BCUT2D eigenvalue weighted by Gasteiger charge is -2.14. The van der Waals surface area contributed by atoms with Crippen LogP contribution in [0.25, 0.3) is 0 Å². The number of hydrogen-bond acceptors (Lipinski definition) is 4. The van der Waals surface area contributed by atoms with E-state index in [9.17, 15) is 13.2 Å². The van der Waals surface area contributed by atoms with Gasteiger partial charge in [0.05, 0.1) is 5.69 Å². The Morgan fingerprint density at radius 1 is 1.28 bits per heavy atom. The van der Waals surface area contributed by atoms with Crippen LogP contribution in [0.1, 0.15) is 0 Å². The van der Waals surface area contributed by atoms with Crippen LogP contribution in [-0.2, 0) is 0 Å². The van der Waals surface area contributed by atoms with E-state index >= 15 is 0 Å². The van der Waals surface area contributed by atoms with Crippen LogP contribution in [0.2, 0.25) is 0 Å². The van der Waals surface area contributed by atoms with Gasteiger partial charge in [-0.2, -0.15) is 8.78 Å². The number of anilines is 1. The molecule has 0 bridgehead atoms. The van der Waals surface area contributed by atoms with Gasteiger partial charge in [-0.25, -0.2) is 4.39 Å². The lowest BCUT2D eigenvalue weighted by molar-refractivity contribution is -0.0522. The van der Waals surface area contributed by atoms with Crippen molar-refractivity contribution in [2.75, 3.05) is 33.0 Å². The molecule has 4 nitrogen and oxygen atoms in total. The SMILES string of the molecule is CN(C)CCOc1cc(OC(F)F)c(F)cc1N. The molecule has 0 saturated heterocycles. The number of likely N-dealkylation sites (N-methyl/N-ethyl adjacent to an activating group) is 1. The van der Waals surface area contributed by atoms with Gasteiger partial charge < -0.3 is 20.1 Å². The zero-order valence-corrected chi connectivity index (χ0v) is 10.1. The van der Waals surface area contributed by atoms with Crippen LogP contribution in [0.15, 0.2) is 12.1 Å². The van der Waals surface area contributed by atoms with Crippen molar-refractivity contribution in [3.63, 3.8) is 0 Å². The molecule has 0 aromatic heterocycles. The maximum absolute atomic E-state index is 13.2. The second kappa shape index (κ2) is 6.34. The quantitative estimate of drug-likeness (QED) is 0.798. The van der Waals surface area contributed by atoms with Crippen molar-refractivity contribution in [2.45, 2.75) is 6.61 Å². The van der Waals surface area contributed by atoms with Crippen LogP contribution in [-0.4, -0.2) is 38.8 Å². The first-order valence-electron chi connectivity index (χ1n) is 5.21. The van der Waals surface area contributed by atoms with Gasteiger partial charge in [-0.1, -0.05) is 0 Å². The summed E-state index contributed by atoms with van der Waals surface area (Å²) in [6.07, 6.45) is 0. The molecule has 0 heterocycles. The summed E-state index contributed by atoms with van der Waals surface area (Å²) in [6.45, 7) is -2.18. The van der Waals surface area contributed by atoms with Crippen LogP contribution in [0.3, 0.4) is 0 Å². The fourth-order valence-electron chi connectivity index (χ4n) is 1.20. The molecule has 0 spiro atoms. The van der Waals surface area contributed by atoms with E-state index < -0.39 is 18.2 Å². The van der Waals surface area contributed by atoms with Crippen molar-refractivity contribution in [1.82, 2.24) is 4.90 Å². The summed E-state index contributed by atoms with van der Waals surface area (Å²) in [7, 11) is 3.70. The van der Waals surface area contributed by atoms with Gasteiger partial charge in [0.25, 0.3) is 0 Å². The van der Waals surface area contributed by atoms with Crippen LogP contribution < -0.4 is 15.2 Å². The van der Waals surface area contributed by atoms with Crippen molar-refractivity contribution in [3.05, 3.63) is 17.9 Å². The number of rotatable bonds is 6. The number of hydrogen-bond donors (Lipinski definition) is 1. The third kappa shape index (κ3) is 4.33. The fraction of sp³-hybridized carbons (Fsp3) is 0.455. The molecular weight excluding hydrogens is 249 g/mol. The molecule has 2 N–H and O–H groups in total. The molecular formula is C11H15F3N2O2. The average Bonchev–Trinajstić information content (AvgIpc) is 2.23. The van der Waals surface area contributed by atoms with E-state index in [4.69, 9.17) is 10.5 Å². The average molecular weight is 264 g/mol. The molecule has 0 amide bonds. The van der Waals surface area contributed by atoms with Crippen molar-refractivity contribution in [3.8, 4) is 11.5 Å². The van der Waals surface area contributed by atoms with Crippen LogP contribution in [0, 0.1) is 5.82 Å². The Hall–Kier alpha value is -1.63. The highest BCUT2D eigenvalue weighted by atomic mass is 19.3. The first-order valence-corrected chi connectivity index (χ1v) is 5.21. The Kier molecular flexibility index (Phi) is 5.08. The summed E-state index contributed by atoms with van der Waals surface area (Å²) in [5, 5.41) is 0. The molecule has 0 radical (unpaired) electrons. The Morgan fingerprint density at radius 2 is 1.94 bits per heavy atom. The first-order chi connectivity index (χ1) is 8.40. The number of nitrogens with zero attached hydrogens (tertiary/aromatic N) is 1. The number of alkyl halides is 2. The van der Waals surface area contributed by atoms with E-state index in [-0.39, 0.29) is 11.4 Å². The van der Waals surface area contributed by atoms with Gasteiger partial charge in [0.1, 0.15) is 12.4 Å². The molecule has 102 valence electrons.